The van der Waals surface area contributed by atoms with Gasteiger partial charge in [-0.1, -0.05) is 6.92 Å². The van der Waals surface area contributed by atoms with Crippen LogP contribution in [0.4, 0.5) is 0 Å². The average Bonchev–Trinajstić information content (AvgIpc) is 2.73. The second kappa shape index (κ2) is 5.89. The van der Waals surface area contributed by atoms with Gasteiger partial charge in [0.15, 0.2) is 5.78 Å². The van der Waals surface area contributed by atoms with Gasteiger partial charge < -0.3 is 14.6 Å². The monoisotopic (exact) mass is 260 g/mol. The number of likely N-dealkylation sites (N-methyl/N-ethyl adjacent to an activating group) is 1. The molecule has 2 aromatic rings. The molecule has 0 aliphatic carbocycles. The molecule has 2 rings (SSSR count). The van der Waals surface area contributed by atoms with E-state index in [-0.39, 0.29) is 5.78 Å². The molecule has 102 valence electrons. The Hall–Kier alpha value is -1.81. The first-order valence-electron chi connectivity index (χ1n) is 6.63. The molecule has 0 amide bonds. The van der Waals surface area contributed by atoms with Gasteiger partial charge in [0.1, 0.15) is 5.75 Å². The number of benzene rings is 1. The predicted molar refractivity (Wildman–Crippen MR) is 77.0 cm³/mol. The van der Waals surface area contributed by atoms with Crippen molar-refractivity contribution in [2.45, 2.75) is 13.8 Å². The lowest BCUT2D eigenvalue weighted by Crippen LogP contribution is -2.22. The Morgan fingerprint density at radius 1 is 1.37 bits per heavy atom. The van der Waals surface area contributed by atoms with Gasteiger partial charge in [-0.05, 0) is 31.7 Å². The van der Waals surface area contributed by atoms with Crippen molar-refractivity contribution in [1.29, 1.82) is 0 Å². The molecule has 0 saturated heterocycles. The van der Waals surface area contributed by atoms with E-state index in [4.69, 9.17) is 4.74 Å². The fraction of sp³-hybridized carbons (Fsp3) is 0.400. The van der Waals surface area contributed by atoms with E-state index in [0.29, 0.717) is 13.2 Å². The maximum atomic E-state index is 12.2. The normalized spacial score (nSPS) is 10.9. The molecule has 0 fully saturated rings. The van der Waals surface area contributed by atoms with E-state index in [1.807, 2.05) is 49.9 Å². The van der Waals surface area contributed by atoms with Crippen LogP contribution >= 0.6 is 0 Å². The summed E-state index contributed by atoms with van der Waals surface area (Å²) < 4.78 is 7.48. The van der Waals surface area contributed by atoms with Crippen molar-refractivity contribution in [3.8, 4) is 5.75 Å². The number of carbonyl (C=O) groups is 1. The Morgan fingerprint density at radius 3 is 2.84 bits per heavy atom. The summed E-state index contributed by atoms with van der Waals surface area (Å²) in [5.74, 6) is 0.916. The highest BCUT2D eigenvalue weighted by molar-refractivity contribution is 6.09. The molecule has 1 aromatic carbocycles. The fourth-order valence-electron chi connectivity index (χ4n) is 2.18. The molecule has 0 unspecified atom stereocenters. The lowest BCUT2D eigenvalue weighted by molar-refractivity contribution is 0.0993. The van der Waals surface area contributed by atoms with Gasteiger partial charge in [0, 0.05) is 29.7 Å². The van der Waals surface area contributed by atoms with Crippen LogP contribution in [0.2, 0.25) is 0 Å². The molecule has 0 radical (unpaired) electrons. The summed E-state index contributed by atoms with van der Waals surface area (Å²) in [5.41, 5.74) is 1.79. The van der Waals surface area contributed by atoms with Crippen molar-refractivity contribution in [2.24, 2.45) is 7.05 Å². The molecular formula is C15H20N2O2. The Labute approximate surface area is 113 Å². The number of Topliss-reactive ketones (excluding diaryl/α,β-unsaturated/α-hetero) is 1. The largest absolute Gasteiger partial charge is 0.494 e. The molecule has 4 heteroatoms. The van der Waals surface area contributed by atoms with E-state index in [1.165, 1.54) is 0 Å². The number of nitrogens with zero attached hydrogens (tertiary/aromatic N) is 1. The number of ether oxygens (including phenoxy) is 1. The van der Waals surface area contributed by atoms with E-state index in [0.717, 1.165) is 28.8 Å². The third-order valence-corrected chi connectivity index (χ3v) is 3.11. The van der Waals surface area contributed by atoms with E-state index in [9.17, 15) is 4.79 Å². The Balaban J connectivity index is 2.42. The smallest absolute Gasteiger partial charge is 0.178 e. The minimum atomic E-state index is 0.112. The minimum Gasteiger partial charge on any atom is -0.494 e. The lowest BCUT2D eigenvalue weighted by Gasteiger charge is -2.04. The van der Waals surface area contributed by atoms with Crippen LogP contribution in [0.15, 0.2) is 24.4 Å². The number of fused-ring (bicyclic) bond motifs is 1. The lowest BCUT2D eigenvalue weighted by atomic mass is 10.1. The van der Waals surface area contributed by atoms with Gasteiger partial charge in [0.2, 0.25) is 0 Å². The van der Waals surface area contributed by atoms with Crippen molar-refractivity contribution in [3.05, 3.63) is 30.0 Å². The Morgan fingerprint density at radius 2 is 2.16 bits per heavy atom. The highest BCUT2D eigenvalue weighted by atomic mass is 16.5. The number of nitrogens with one attached hydrogen (secondary N) is 1. The number of rotatable bonds is 6. The standard InChI is InChI=1S/C15H20N2O2/c1-4-16-9-15(18)13-10-17(3)14-7-6-11(19-5-2)8-12(13)14/h6-8,10,16H,4-5,9H2,1-3H3. The van der Waals surface area contributed by atoms with E-state index < -0.39 is 0 Å². The van der Waals surface area contributed by atoms with Crippen LogP contribution in [0.5, 0.6) is 5.75 Å². The zero-order valence-electron chi connectivity index (χ0n) is 11.7. The number of carbonyl (C=O) groups excluding carboxylic acids is 1. The van der Waals surface area contributed by atoms with E-state index in [2.05, 4.69) is 5.32 Å². The topological polar surface area (TPSA) is 43.3 Å². The number of ketones is 1. The number of hydrogen-bond acceptors (Lipinski definition) is 3. The highest BCUT2D eigenvalue weighted by Gasteiger charge is 2.14. The second-order valence-corrected chi connectivity index (χ2v) is 4.47. The fourth-order valence-corrected chi connectivity index (χ4v) is 2.18. The Kier molecular flexibility index (Phi) is 4.22. The van der Waals surface area contributed by atoms with Crippen LogP contribution in [0.25, 0.3) is 10.9 Å². The maximum absolute atomic E-state index is 12.2. The second-order valence-electron chi connectivity index (χ2n) is 4.47. The first-order chi connectivity index (χ1) is 9.17. The molecule has 0 spiro atoms. The first kappa shape index (κ1) is 13.6. The summed E-state index contributed by atoms with van der Waals surface area (Å²) in [4.78, 5) is 12.2. The first-order valence-corrected chi connectivity index (χ1v) is 6.63. The molecule has 0 saturated carbocycles. The summed E-state index contributed by atoms with van der Waals surface area (Å²) in [5, 5.41) is 4.03. The SMILES string of the molecule is CCNCC(=O)c1cn(C)c2ccc(OCC)cc12. The third kappa shape index (κ3) is 2.79. The molecule has 4 nitrogen and oxygen atoms in total. The van der Waals surface area contributed by atoms with Gasteiger partial charge in [0.25, 0.3) is 0 Å². The van der Waals surface area contributed by atoms with Gasteiger partial charge in [-0.2, -0.15) is 0 Å². The molecular weight excluding hydrogens is 240 g/mol. The summed E-state index contributed by atoms with van der Waals surface area (Å²) in [7, 11) is 1.95. The molecule has 1 N–H and O–H groups in total. The number of hydrogen-bond donors (Lipinski definition) is 1. The van der Waals surface area contributed by atoms with Gasteiger partial charge in [-0.15, -0.1) is 0 Å². The van der Waals surface area contributed by atoms with Crippen LogP contribution in [0, 0.1) is 0 Å². The van der Waals surface area contributed by atoms with Crippen LogP contribution in [0.1, 0.15) is 24.2 Å². The van der Waals surface area contributed by atoms with Gasteiger partial charge in [-0.25, -0.2) is 0 Å². The summed E-state index contributed by atoms with van der Waals surface area (Å²) in [6.07, 6.45) is 1.89. The zero-order chi connectivity index (χ0) is 13.8. The molecule has 0 atom stereocenters. The maximum Gasteiger partial charge on any atom is 0.178 e. The zero-order valence-corrected chi connectivity index (χ0v) is 11.7. The third-order valence-electron chi connectivity index (χ3n) is 3.11. The molecule has 1 heterocycles. The van der Waals surface area contributed by atoms with Gasteiger partial charge in [0.05, 0.1) is 13.2 Å². The summed E-state index contributed by atoms with van der Waals surface area (Å²) in [6.45, 7) is 5.73. The van der Waals surface area contributed by atoms with E-state index >= 15 is 0 Å². The van der Waals surface area contributed by atoms with Crippen molar-refractivity contribution in [3.63, 3.8) is 0 Å². The highest BCUT2D eigenvalue weighted by Crippen LogP contribution is 2.25. The quantitative estimate of drug-likeness (QED) is 0.811. The average molecular weight is 260 g/mol. The predicted octanol–water partition coefficient (Wildman–Crippen LogP) is 2.37. The Bertz CT molecular complexity index is 587. The van der Waals surface area contributed by atoms with Crippen molar-refractivity contribution >= 4 is 16.7 Å². The summed E-state index contributed by atoms with van der Waals surface area (Å²) in [6, 6.07) is 5.87. The number of aromatic nitrogens is 1. The molecule has 0 aliphatic rings. The molecule has 1 aromatic heterocycles. The van der Waals surface area contributed by atoms with E-state index in [1.54, 1.807) is 0 Å². The minimum absolute atomic E-state index is 0.112. The van der Waals surface area contributed by atoms with Crippen molar-refractivity contribution in [2.75, 3.05) is 19.7 Å². The molecule has 0 bridgehead atoms. The van der Waals surface area contributed by atoms with Gasteiger partial charge in [-0.3, -0.25) is 4.79 Å². The van der Waals surface area contributed by atoms with Crippen LogP contribution in [-0.4, -0.2) is 30.0 Å². The van der Waals surface area contributed by atoms with Gasteiger partial charge >= 0.3 is 0 Å². The number of aryl methyl sites for hydroxylation is 1. The molecule has 19 heavy (non-hydrogen) atoms. The van der Waals surface area contributed by atoms with Crippen molar-refractivity contribution < 1.29 is 9.53 Å². The van der Waals surface area contributed by atoms with Crippen molar-refractivity contribution in [1.82, 2.24) is 9.88 Å². The van der Waals surface area contributed by atoms with Crippen LogP contribution in [-0.2, 0) is 7.05 Å². The van der Waals surface area contributed by atoms with Crippen LogP contribution < -0.4 is 10.1 Å². The summed E-state index contributed by atoms with van der Waals surface area (Å²) >= 11 is 0. The molecule has 0 aliphatic heterocycles. The van der Waals surface area contributed by atoms with Crippen LogP contribution in [0.3, 0.4) is 0 Å².